The Morgan fingerprint density at radius 1 is 1.15 bits per heavy atom. The van der Waals surface area contributed by atoms with E-state index in [4.69, 9.17) is 5.73 Å². The molecule has 0 aliphatic carbocycles. The van der Waals surface area contributed by atoms with E-state index < -0.39 is 0 Å². The average Bonchev–Trinajstić information content (AvgIpc) is 2.42. The zero-order valence-corrected chi connectivity index (χ0v) is 12.4. The van der Waals surface area contributed by atoms with Crippen LogP contribution in [0.5, 0.6) is 0 Å². The fraction of sp³-hybridized carbons (Fsp3) is 0.375. The first-order valence-corrected chi connectivity index (χ1v) is 6.85. The van der Waals surface area contributed by atoms with Crippen molar-refractivity contribution in [2.45, 2.75) is 26.4 Å². The first kappa shape index (κ1) is 14.6. The van der Waals surface area contributed by atoms with Crippen LogP contribution in [0.3, 0.4) is 0 Å². The summed E-state index contributed by atoms with van der Waals surface area (Å²) in [5, 5.41) is 0. The van der Waals surface area contributed by atoms with Gasteiger partial charge in [-0.3, -0.25) is 14.9 Å². The monoisotopic (exact) mass is 270 g/mol. The molecule has 0 bridgehead atoms. The number of nitrogens with zero attached hydrogens (tertiary/aromatic N) is 3. The summed E-state index contributed by atoms with van der Waals surface area (Å²) in [4.78, 5) is 11.1. The van der Waals surface area contributed by atoms with E-state index in [0.717, 1.165) is 29.2 Å². The first-order valence-electron chi connectivity index (χ1n) is 6.85. The van der Waals surface area contributed by atoms with Gasteiger partial charge in [-0.2, -0.15) is 0 Å². The Morgan fingerprint density at radius 3 is 2.55 bits per heavy atom. The molecule has 2 aromatic rings. The molecule has 4 heteroatoms. The van der Waals surface area contributed by atoms with Crippen LogP contribution in [0.1, 0.15) is 28.7 Å². The van der Waals surface area contributed by atoms with Crippen molar-refractivity contribution >= 4 is 0 Å². The lowest BCUT2D eigenvalue weighted by Gasteiger charge is -2.27. The first-order chi connectivity index (χ1) is 9.60. The fourth-order valence-electron chi connectivity index (χ4n) is 2.30. The van der Waals surface area contributed by atoms with Gasteiger partial charge in [-0.05, 0) is 44.7 Å². The lowest BCUT2D eigenvalue weighted by Crippen LogP contribution is -2.30. The second-order valence-electron chi connectivity index (χ2n) is 5.17. The minimum atomic E-state index is 0.158. The fourth-order valence-corrected chi connectivity index (χ4v) is 2.30. The van der Waals surface area contributed by atoms with Crippen LogP contribution in [0.2, 0.25) is 0 Å². The summed E-state index contributed by atoms with van der Waals surface area (Å²) in [6, 6.07) is 10.4. The van der Waals surface area contributed by atoms with Gasteiger partial charge in [0.15, 0.2) is 0 Å². The molecule has 0 aliphatic heterocycles. The summed E-state index contributed by atoms with van der Waals surface area (Å²) in [7, 11) is 2.07. The van der Waals surface area contributed by atoms with Gasteiger partial charge in [0, 0.05) is 36.7 Å². The van der Waals surface area contributed by atoms with Gasteiger partial charge >= 0.3 is 0 Å². The lowest BCUT2D eigenvalue weighted by atomic mass is 10.1. The Labute approximate surface area is 120 Å². The van der Waals surface area contributed by atoms with Gasteiger partial charge in [-0.15, -0.1) is 0 Å². The molecule has 0 saturated carbocycles. The van der Waals surface area contributed by atoms with E-state index in [-0.39, 0.29) is 6.04 Å². The number of likely N-dealkylation sites (N-methyl/N-ethyl adjacent to an activating group) is 1. The van der Waals surface area contributed by atoms with Crippen LogP contribution >= 0.6 is 0 Å². The molecule has 0 fully saturated rings. The second kappa shape index (κ2) is 6.59. The molecule has 0 radical (unpaired) electrons. The van der Waals surface area contributed by atoms with Gasteiger partial charge in [-0.25, -0.2) is 0 Å². The third-order valence-electron chi connectivity index (χ3n) is 3.43. The van der Waals surface area contributed by atoms with Crippen LogP contribution in [-0.2, 0) is 6.54 Å². The Balaban J connectivity index is 2.13. The molecule has 0 spiro atoms. The van der Waals surface area contributed by atoms with Crippen molar-refractivity contribution in [1.82, 2.24) is 14.9 Å². The molecule has 1 unspecified atom stereocenters. The summed E-state index contributed by atoms with van der Waals surface area (Å²) < 4.78 is 0. The number of hydrogen-bond acceptors (Lipinski definition) is 4. The van der Waals surface area contributed by atoms with Crippen LogP contribution in [0.25, 0.3) is 0 Å². The maximum atomic E-state index is 5.94. The van der Waals surface area contributed by atoms with Crippen molar-refractivity contribution in [1.29, 1.82) is 0 Å². The molecule has 1 atom stereocenters. The minimum absolute atomic E-state index is 0.158. The van der Waals surface area contributed by atoms with E-state index in [2.05, 4.69) is 28.0 Å². The molecule has 0 aliphatic rings. The predicted octanol–water partition coefficient (Wildman–Crippen LogP) is 2.23. The standard InChI is InChI=1S/C16H22N4/c1-12-7-8-14(10-18-12)16(9-17)20(3)11-15-6-4-5-13(2)19-15/h4-8,10,16H,9,11,17H2,1-3H3. The van der Waals surface area contributed by atoms with Crippen LogP contribution in [0, 0.1) is 13.8 Å². The lowest BCUT2D eigenvalue weighted by molar-refractivity contribution is 0.238. The number of aryl methyl sites for hydroxylation is 2. The van der Waals surface area contributed by atoms with Crippen molar-refractivity contribution in [2.24, 2.45) is 5.73 Å². The normalized spacial score (nSPS) is 12.7. The average molecular weight is 270 g/mol. The van der Waals surface area contributed by atoms with E-state index in [1.165, 1.54) is 0 Å². The maximum Gasteiger partial charge on any atom is 0.0547 e. The van der Waals surface area contributed by atoms with E-state index in [1.54, 1.807) is 0 Å². The van der Waals surface area contributed by atoms with Gasteiger partial charge < -0.3 is 5.73 Å². The Kier molecular flexibility index (Phi) is 4.82. The molecular formula is C16H22N4. The molecule has 4 nitrogen and oxygen atoms in total. The topological polar surface area (TPSA) is 55.0 Å². The summed E-state index contributed by atoms with van der Waals surface area (Å²) in [5.74, 6) is 0. The summed E-state index contributed by atoms with van der Waals surface area (Å²) in [6.07, 6.45) is 1.91. The molecule has 20 heavy (non-hydrogen) atoms. The number of hydrogen-bond donors (Lipinski definition) is 1. The highest BCUT2D eigenvalue weighted by atomic mass is 15.1. The zero-order chi connectivity index (χ0) is 14.5. The Morgan fingerprint density at radius 2 is 1.95 bits per heavy atom. The Hall–Kier alpha value is -1.78. The summed E-state index contributed by atoms with van der Waals surface area (Å²) in [5.41, 5.74) is 10.2. The van der Waals surface area contributed by atoms with Crippen LogP contribution in [-0.4, -0.2) is 28.5 Å². The molecule has 0 saturated heterocycles. The largest absolute Gasteiger partial charge is 0.329 e. The van der Waals surface area contributed by atoms with E-state index in [0.29, 0.717) is 6.54 Å². The van der Waals surface area contributed by atoms with Gasteiger partial charge in [0.2, 0.25) is 0 Å². The van der Waals surface area contributed by atoms with E-state index in [1.807, 2.05) is 44.3 Å². The quantitative estimate of drug-likeness (QED) is 0.905. The molecular weight excluding hydrogens is 248 g/mol. The highest BCUT2D eigenvalue weighted by molar-refractivity contribution is 5.18. The second-order valence-corrected chi connectivity index (χ2v) is 5.17. The van der Waals surface area contributed by atoms with Gasteiger partial charge in [0.25, 0.3) is 0 Å². The maximum absolute atomic E-state index is 5.94. The highest BCUT2D eigenvalue weighted by Gasteiger charge is 2.16. The van der Waals surface area contributed by atoms with Crippen molar-refractivity contribution < 1.29 is 0 Å². The molecule has 106 valence electrons. The van der Waals surface area contributed by atoms with Gasteiger partial charge in [-0.1, -0.05) is 12.1 Å². The van der Waals surface area contributed by atoms with Gasteiger partial charge in [0.05, 0.1) is 5.69 Å². The zero-order valence-electron chi connectivity index (χ0n) is 12.4. The molecule has 2 heterocycles. The van der Waals surface area contributed by atoms with Gasteiger partial charge in [0.1, 0.15) is 0 Å². The minimum Gasteiger partial charge on any atom is -0.329 e. The van der Waals surface area contributed by atoms with Crippen molar-refractivity contribution in [3.05, 3.63) is 59.2 Å². The summed E-state index contributed by atoms with van der Waals surface area (Å²) >= 11 is 0. The smallest absolute Gasteiger partial charge is 0.0547 e. The van der Waals surface area contributed by atoms with E-state index >= 15 is 0 Å². The number of aromatic nitrogens is 2. The molecule has 2 N–H and O–H groups in total. The van der Waals surface area contributed by atoms with Crippen molar-refractivity contribution in [3.8, 4) is 0 Å². The van der Waals surface area contributed by atoms with Crippen LogP contribution in [0.4, 0.5) is 0 Å². The van der Waals surface area contributed by atoms with Crippen LogP contribution < -0.4 is 5.73 Å². The van der Waals surface area contributed by atoms with E-state index in [9.17, 15) is 0 Å². The van der Waals surface area contributed by atoms with Crippen LogP contribution in [0.15, 0.2) is 36.5 Å². The molecule has 0 aromatic carbocycles. The molecule has 2 rings (SSSR count). The SMILES string of the molecule is Cc1ccc(C(CN)N(C)Cc2cccc(C)n2)cn1. The Bertz CT molecular complexity index is 551. The third kappa shape index (κ3) is 3.62. The summed E-state index contributed by atoms with van der Waals surface area (Å²) in [6.45, 7) is 5.33. The molecule has 0 amide bonds. The number of pyridine rings is 2. The third-order valence-corrected chi connectivity index (χ3v) is 3.43. The molecule has 2 aromatic heterocycles. The van der Waals surface area contributed by atoms with Crippen molar-refractivity contribution in [3.63, 3.8) is 0 Å². The number of nitrogens with two attached hydrogens (primary N) is 1. The highest BCUT2D eigenvalue weighted by Crippen LogP contribution is 2.19. The predicted molar refractivity (Wildman–Crippen MR) is 81.2 cm³/mol. The number of rotatable bonds is 5. The van der Waals surface area contributed by atoms with Crippen molar-refractivity contribution in [2.75, 3.05) is 13.6 Å².